The molecule has 1 atom stereocenters. The Labute approximate surface area is 164 Å². The second kappa shape index (κ2) is 11.0. The van der Waals surface area contributed by atoms with E-state index in [2.05, 4.69) is 40.5 Å². The summed E-state index contributed by atoms with van der Waals surface area (Å²) < 4.78 is 0. The summed E-state index contributed by atoms with van der Waals surface area (Å²) in [5.74, 6) is 0.544. The van der Waals surface area contributed by atoms with Crippen molar-refractivity contribution in [2.24, 2.45) is 17.1 Å². The van der Waals surface area contributed by atoms with Crippen LogP contribution in [-0.2, 0) is 11.3 Å². The van der Waals surface area contributed by atoms with Crippen LogP contribution in [0.3, 0.4) is 0 Å². The molecule has 144 valence electrons. The number of carbonyl (C=O) groups excluding carboxylic acids is 1. The van der Waals surface area contributed by atoms with Gasteiger partial charge < -0.3 is 11.1 Å². The zero-order valence-corrected chi connectivity index (χ0v) is 17.2. The molecular weight excluding hydrogens is 357 g/mol. The molecule has 0 aliphatic carbocycles. The zero-order valence-electron chi connectivity index (χ0n) is 15.5. The lowest BCUT2D eigenvalue weighted by atomic mass is 9.86. The molecule has 0 radical (unpaired) electrons. The summed E-state index contributed by atoms with van der Waals surface area (Å²) >= 11 is 0. The zero-order chi connectivity index (χ0) is 16.9. The minimum atomic E-state index is -0.444. The number of hydrogen-bond donors (Lipinski definition) is 2. The Morgan fingerprint density at radius 2 is 1.76 bits per heavy atom. The third-order valence-corrected chi connectivity index (χ3v) is 4.74. The first kappa shape index (κ1) is 24.2. The van der Waals surface area contributed by atoms with Gasteiger partial charge in [-0.3, -0.25) is 9.69 Å². The van der Waals surface area contributed by atoms with Gasteiger partial charge >= 0.3 is 0 Å². The van der Waals surface area contributed by atoms with Gasteiger partial charge in [-0.15, -0.1) is 24.8 Å². The van der Waals surface area contributed by atoms with E-state index in [1.54, 1.807) is 0 Å². The highest BCUT2D eigenvalue weighted by Crippen LogP contribution is 2.20. The summed E-state index contributed by atoms with van der Waals surface area (Å²) in [4.78, 5) is 14.6. The average Bonchev–Trinajstić information content (AvgIpc) is 2.53. The van der Waals surface area contributed by atoms with Crippen molar-refractivity contribution < 1.29 is 4.79 Å². The molecule has 3 N–H and O–H groups in total. The smallest absolute Gasteiger partial charge is 0.237 e. The lowest BCUT2D eigenvalue weighted by molar-refractivity contribution is -0.124. The number of amides is 1. The largest absolute Gasteiger partial charge is 0.354 e. The molecular formula is C19H33Cl2N3O. The van der Waals surface area contributed by atoms with Crippen molar-refractivity contribution in [1.82, 2.24) is 10.2 Å². The lowest BCUT2D eigenvalue weighted by Crippen LogP contribution is -2.50. The molecule has 2 rings (SSSR count). The molecule has 1 saturated heterocycles. The van der Waals surface area contributed by atoms with Crippen LogP contribution in [0, 0.1) is 11.3 Å². The third-order valence-electron chi connectivity index (χ3n) is 4.74. The van der Waals surface area contributed by atoms with Crippen molar-refractivity contribution in [3.63, 3.8) is 0 Å². The first-order valence-electron chi connectivity index (χ1n) is 8.66. The molecule has 1 amide bonds. The quantitative estimate of drug-likeness (QED) is 0.812. The molecule has 1 aromatic carbocycles. The second-order valence-electron chi connectivity index (χ2n) is 7.79. The van der Waals surface area contributed by atoms with Gasteiger partial charge in [-0.25, -0.2) is 0 Å². The molecule has 0 bridgehead atoms. The van der Waals surface area contributed by atoms with E-state index in [-0.39, 0.29) is 36.1 Å². The molecule has 1 aromatic rings. The first-order valence-corrected chi connectivity index (χ1v) is 8.66. The van der Waals surface area contributed by atoms with E-state index in [1.165, 1.54) is 5.56 Å². The van der Waals surface area contributed by atoms with Gasteiger partial charge in [-0.05, 0) is 42.8 Å². The maximum absolute atomic E-state index is 12.1. The van der Waals surface area contributed by atoms with E-state index in [1.807, 2.05) is 20.8 Å². The molecule has 0 unspecified atom stereocenters. The molecule has 25 heavy (non-hydrogen) atoms. The van der Waals surface area contributed by atoms with E-state index in [9.17, 15) is 4.79 Å². The maximum atomic E-state index is 12.1. The number of piperidine rings is 1. The summed E-state index contributed by atoms with van der Waals surface area (Å²) in [6.07, 6.45) is 2.27. The van der Waals surface area contributed by atoms with Crippen LogP contribution >= 0.6 is 24.8 Å². The normalized spacial score (nSPS) is 17.1. The van der Waals surface area contributed by atoms with Gasteiger partial charge in [0.05, 0.1) is 6.04 Å². The molecule has 0 aromatic heterocycles. The summed E-state index contributed by atoms with van der Waals surface area (Å²) in [5.41, 5.74) is 7.18. The van der Waals surface area contributed by atoms with Crippen LogP contribution in [0.1, 0.15) is 39.2 Å². The monoisotopic (exact) mass is 389 g/mol. The van der Waals surface area contributed by atoms with Gasteiger partial charge in [0.2, 0.25) is 5.91 Å². The topological polar surface area (TPSA) is 58.4 Å². The van der Waals surface area contributed by atoms with Gasteiger partial charge in [-0.2, -0.15) is 0 Å². The molecule has 0 saturated carbocycles. The van der Waals surface area contributed by atoms with Crippen molar-refractivity contribution in [2.45, 2.75) is 46.2 Å². The standard InChI is InChI=1S/C19H31N3O.2ClH/c1-19(2,3)17(20)18(23)21-13-15-9-11-22(12-10-15)14-16-7-5-4-6-8-16;;/h4-8,15,17H,9-14,20H2,1-3H3,(H,21,23);2*1H/t17-;;/m1../s1. The van der Waals surface area contributed by atoms with E-state index < -0.39 is 6.04 Å². The number of hydrogen-bond acceptors (Lipinski definition) is 3. The lowest BCUT2D eigenvalue weighted by Gasteiger charge is -2.33. The summed E-state index contributed by atoms with van der Waals surface area (Å²) in [6.45, 7) is 9.97. The summed E-state index contributed by atoms with van der Waals surface area (Å²) in [5, 5.41) is 3.04. The van der Waals surface area contributed by atoms with Crippen LogP contribution in [0.5, 0.6) is 0 Å². The van der Waals surface area contributed by atoms with Gasteiger partial charge in [0.1, 0.15) is 0 Å². The van der Waals surface area contributed by atoms with Crippen LogP contribution in [0.2, 0.25) is 0 Å². The molecule has 1 fully saturated rings. The first-order chi connectivity index (χ1) is 10.9. The van der Waals surface area contributed by atoms with E-state index in [0.29, 0.717) is 5.92 Å². The summed E-state index contributed by atoms with van der Waals surface area (Å²) in [6, 6.07) is 10.2. The number of nitrogens with two attached hydrogens (primary N) is 1. The Hall–Kier alpha value is -0.810. The van der Waals surface area contributed by atoms with Crippen LogP contribution in [0.4, 0.5) is 0 Å². The minimum absolute atomic E-state index is 0. The highest BCUT2D eigenvalue weighted by Gasteiger charge is 2.28. The molecule has 1 heterocycles. The fraction of sp³-hybridized carbons (Fsp3) is 0.632. The van der Waals surface area contributed by atoms with Crippen LogP contribution in [0.25, 0.3) is 0 Å². The predicted molar refractivity (Wildman–Crippen MR) is 109 cm³/mol. The minimum Gasteiger partial charge on any atom is -0.354 e. The van der Waals surface area contributed by atoms with Crippen molar-refractivity contribution >= 4 is 30.7 Å². The van der Waals surface area contributed by atoms with Crippen molar-refractivity contribution in [2.75, 3.05) is 19.6 Å². The number of carbonyl (C=O) groups is 1. The van der Waals surface area contributed by atoms with E-state index >= 15 is 0 Å². The van der Waals surface area contributed by atoms with Crippen molar-refractivity contribution in [3.8, 4) is 0 Å². The SMILES string of the molecule is CC(C)(C)[C@H](N)C(=O)NCC1CCN(Cc2ccccc2)CC1.Cl.Cl. The number of nitrogens with zero attached hydrogens (tertiary/aromatic N) is 1. The van der Waals surface area contributed by atoms with E-state index in [4.69, 9.17) is 5.73 Å². The Kier molecular flexibility index (Phi) is 10.7. The highest BCUT2D eigenvalue weighted by molar-refractivity contribution is 5.85. The summed E-state index contributed by atoms with van der Waals surface area (Å²) in [7, 11) is 0. The van der Waals surface area contributed by atoms with Crippen LogP contribution < -0.4 is 11.1 Å². The number of rotatable bonds is 5. The Morgan fingerprint density at radius 1 is 1.20 bits per heavy atom. The van der Waals surface area contributed by atoms with Gasteiger partial charge in [-0.1, -0.05) is 51.1 Å². The molecule has 0 spiro atoms. The Morgan fingerprint density at radius 3 is 2.28 bits per heavy atom. The number of benzene rings is 1. The van der Waals surface area contributed by atoms with Crippen LogP contribution in [0.15, 0.2) is 30.3 Å². The van der Waals surface area contributed by atoms with Gasteiger partial charge in [0.15, 0.2) is 0 Å². The average molecular weight is 390 g/mol. The van der Waals surface area contributed by atoms with Gasteiger partial charge in [0, 0.05) is 13.1 Å². The third kappa shape index (κ3) is 7.95. The predicted octanol–water partition coefficient (Wildman–Crippen LogP) is 3.23. The molecule has 6 heteroatoms. The number of halogens is 2. The Balaban J connectivity index is 0.00000288. The second-order valence-corrected chi connectivity index (χ2v) is 7.79. The Bertz CT molecular complexity index is 497. The fourth-order valence-electron chi connectivity index (χ4n) is 2.94. The van der Waals surface area contributed by atoms with Crippen molar-refractivity contribution in [1.29, 1.82) is 0 Å². The number of likely N-dealkylation sites (tertiary alicyclic amines) is 1. The number of nitrogens with one attached hydrogen (secondary N) is 1. The molecule has 4 nitrogen and oxygen atoms in total. The van der Waals surface area contributed by atoms with E-state index in [0.717, 1.165) is 39.0 Å². The maximum Gasteiger partial charge on any atom is 0.237 e. The fourth-order valence-corrected chi connectivity index (χ4v) is 2.94. The van der Waals surface area contributed by atoms with Crippen molar-refractivity contribution in [3.05, 3.63) is 35.9 Å². The molecule has 1 aliphatic rings. The highest BCUT2D eigenvalue weighted by atomic mass is 35.5. The molecule has 1 aliphatic heterocycles. The van der Waals surface area contributed by atoms with Crippen LogP contribution in [-0.4, -0.2) is 36.5 Å². The van der Waals surface area contributed by atoms with Gasteiger partial charge in [0.25, 0.3) is 0 Å².